The molecule has 0 aliphatic carbocycles. The van der Waals surface area contributed by atoms with Crippen molar-refractivity contribution in [2.75, 3.05) is 13.7 Å². The lowest BCUT2D eigenvalue weighted by molar-refractivity contribution is 0.0943. The number of nitrogens with zero attached hydrogens (tertiary/aromatic N) is 1. The van der Waals surface area contributed by atoms with Gasteiger partial charge in [-0.2, -0.15) is 0 Å². The molecule has 1 atom stereocenters. The standard InChI is InChI=1S/C22H23ClFN3O4/c1-4-30-18-10-13(8-9-17(18)29-3)22-27-19(20(31-22)12(2)25)21(28)26-11-14-15(23)6-5-7-16(14)24/h5-10,12H,4,11,25H2,1-3H3,(H,26,28). The van der Waals surface area contributed by atoms with Crippen LogP contribution in [0.4, 0.5) is 4.39 Å². The Kier molecular flexibility index (Phi) is 7.14. The van der Waals surface area contributed by atoms with Gasteiger partial charge in [0.2, 0.25) is 5.89 Å². The molecule has 0 bridgehead atoms. The lowest BCUT2D eigenvalue weighted by Gasteiger charge is -2.09. The third kappa shape index (κ3) is 4.98. The van der Waals surface area contributed by atoms with E-state index < -0.39 is 17.8 Å². The fourth-order valence-corrected chi connectivity index (χ4v) is 3.19. The molecule has 0 saturated carbocycles. The van der Waals surface area contributed by atoms with Crippen LogP contribution in [-0.2, 0) is 6.54 Å². The maximum Gasteiger partial charge on any atom is 0.273 e. The van der Waals surface area contributed by atoms with Gasteiger partial charge in [-0.3, -0.25) is 4.79 Å². The van der Waals surface area contributed by atoms with Crippen molar-refractivity contribution in [2.45, 2.75) is 26.4 Å². The molecule has 1 aromatic heterocycles. The van der Waals surface area contributed by atoms with Crippen molar-refractivity contribution in [3.05, 3.63) is 64.3 Å². The summed E-state index contributed by atoms with van der Waals surface area (Å²) in [6.07, 6.45) is 0. The number of hydrogen-bond donors (Lipinski definition) is 2. The summed E-state index contributed by atoms with van der Waals surface area (Å²) in [6, 6.07) is 8.88. The zero-order valence-electron chi connectivity index (χ0n) is 17.4. The van der Waals surface area contributed by atoms with Crippen LogP contribution >= 0.6 is 11.6 Å². The highest BCUT2D eigenvalue weighted by Gasteiger charge is 2.24. The maximum absolute atomic E-state index is 14.0. The molecule has 1 heterocycles. The number of aromatic nitrogens is 1. The molecule has 3 aromatic rings. The number of carbonyl (C=O) groups excluding carboxylic acids is 1. The predicted molar refractivity (Wildman–Crippen MR) is 115 cm³/mol. The van der Waals surface area contributed by atoms with Crippen molar-refractivity contribution in [1.82, 2.24) is 10.3 Å². The Morgan fingerprint density at radius 2 is 2.10 bits per heavy atom. The minimum absolute atomic E-state index is 0.0197. The molecule has 1 unspecified atom stereocenters. The van der Waals surface area contributed by atoms with Gasteiger partial charge < -0.3 is 24.9 Å². The Bertz CT molecular complexity index is 1060. The molecular weight excluding hydrogens is 425 g/mol. The Labute approximate surface area is 184 Å². The van der Waals surface area contributed by atoms with Crippen LogP contribution in [0, 0.1) is 5.82 Å². The van der Waals surface area contributed by atoms with E-state index >= 15 is 0 Å². The van der Waals surface area contributed by atoms with Crippen molar-refractivity contribution in [3.63, 3.8) is 0 Å². The number of amides is 1. The van der Waals surface area contributed by atoms with Gasteiger partial charge in [0.15, 0.2) is 23.0 Å². The first-order chi connectivity index (χ1) is 14.8. The number of nitrogens with two attached hydrogens (primary N) is 1. The number of halogens is 2. The monoisotopic (exact) mass is 447 g/mol. The van der Waals surface area contributed by atoms with Crippen LogP contribution in [0.1, 0.15) is 41.7 Å². The van der Waals surface area contributed by atoms with Gasteiger partial charge in [0.1, 0.15) is 5.82 Å². The lowest BCUT2D eigenvalue weighted by atomic mass is 10.2. The molecule has 0 saturated heterocycles. The largest absolute Gasteiger partial charge is 0.493 e. The van der Waals surface area contributed by atoms with Gasteiger partial charge >= 0.3 is 0 Å². The van der Waals surface area contributed by atoms with E-state index in [0.29, 0.717) is 23.7 Å². The van der Waals surface area contributed by atoms with Crippen LogP contribution in [0.15, 0.2) is 40.8 Å². The van der Waals surface area contributed by atoms with E-state index in [0.717, 1.165) is 0 Å². The highest BCUT2D eigenvalue weighted by Crippen LogP contribution is 2.33. The van der Waals surface area contributed by atoms with E-state index in [1.165, 1.54) is 12.1 Å². The zero-order valence-corrected chi connectivity index (χ0v) is 18.1. The fourth-order valence-electron chi connectivity index (χ4n) is 2.96. The summed E-state index contributed by atoms with van der Waals surface area (Å²) in [4.78, 5) is 17.1. The second-order valence-electron chi connectivity index (χ2n) is 6.70. The van der Waals surface area contributed by atoms with Crippen LogP contribution in [0.3, 0.4) is 0 Å². The number of hydrogen-bond acceptors (Lipinski definition) is 6. The van der Waals surface area contributed by atoms with E-state index in [1.54, 1.807) is 38.3 Å². The molecule has 3 N–H and O–H groups in total. The maximum atomic E-state index is 14.0. The molecule has 7 nitrogen and oxygen atoms in total. The van der Waals surface area contributed by atoms with Gasteiger partial charge in [-0.25, -0.2) is 9.37 Å². The van der Waals surface area contributed by atoms with Crippen molar-refractivity contribution in [1.29, 1.82) is 0 Å². The summed E-state index contributed by atoms with van der Waals surface area (Å²) in [6.45, 7) is 3.87. The Balaban J connectivity index is 1.90. The molecule has 1 amide bonds. The summed E-state index contributed by atoms with van der Waals surface area (Å²) in [5.74, 6) is 0.418. The molecule has 164 valence electrons. The second kappa shape index (κ2) is 9.80. The molecule has 0 aliphatic heterocycles. The van der Waals surface area contributed by atoms with Crippen LogP contribution < -0.4 is 20.5 Å². The van der Waals surface area contributed by atoms with Crippen molar-refractivity contribution in [3.8, 4) is 23.0 Å². The average molecular weight is 448 g/mol. The Morgan fingerprint density at radius 3 is 2.74 bits per heavy atom. The number of methoxy groups -OCH3 is 1. The van der Waals surface area contributed by atoms with Gasteiger partial charge in [0.25, 0.3) is 5.91 Å². The van der Waals surface area contributed by atoms with Crippen molar-refractivity contribution in [2.24, 2.45) is 5.73 Å². The van der Waals surface area contributed by atoms with Crippen LogP contribution in [0.2, 0.25) is 5.02 Å². The fraction of sp³-hybridized carbons (Fsp3) is 0.273. The highest BCUT2D eigenvalue weighted by atomic mass is 35.5. The van der Waals surface area contributed by atoms with E-state index in [2.05, 4.69) is 10.3 Å². The van der Waals surface area contributed by atoms with Crippen molar-refractivity contribution < 1.29 is 23.1 Å². The summed E-state index contributed by atoms with van der Waals surface area (Å²) in [7, 11) is 1.54. The number of ether oxygens (including phenoxy) is 2. The highest BCUT2D eigenvalue weighted by molar-refractivity contribution is 6.31. The normalized spacial score (nSPS) is 11.8. The zero-order chi connectivity index (χ0) is 22.5. The van der Waals surface area contributed by atoms with Gasteiger partial charge in [-0.1, -0.05) is 17.7 Å². The van der Waals surface area contributed by atoms with Gasteiger partial charge in [0, 0.05) is 22.7 Å². The Morgan fingerprint density at radius 1 is 1.32 bits per heavy atom. The third-order valence-electron chi connectivity index (χ3n) is 4.48. The second-order valence-corrected chi connectivity index (χ2v) is 7.11. The predicted octanol–water partition coefficient (Wildman–Crippen LogP) is 4.49. The number of rotatable bonds is 8. The molecule has 2 aromatic carbocycles. The van der Waals surface area contributed by atoms with E-state index in [4.69, 9.17) is 31.2 Å². The summed E-state index contributed by atoms with van der Waals surface area (Å²) < 4.78 is 30.7. The molecule has 0 radical (unpaired) electrons. The SMILES string of the molecule is CCOc1cc(-c2nc(C(=O)NCc3c(F)cccc3Cl)c(C(C)N)o2)ccc1OC. The van der Waals surface area contributed by atoms with Gasteiger partial charge in [-0.05, 0) is 44.2 Å². The lowest BCUT2D eigenvalue weighted by Crippen LogP contribution is -2.26. The topological polar surface area (TPSA) is 99.6 Å². The van der Waals surface area contributed by atoms with Crippen LogP contribution in [0.5, 0.6) is 11.5 Å². The summed E-state index contributed by atoms with van der Waals surface area (Å²) in [5, 5.41) is 2.84. The first-order valence-corrected chi connectivity index (χ1v) is 10.0. The molecule has 0 spiro atoms. The first-order valence-electron chi connectivity index (χ1n) is 9.64. The Hall–Kier alpha value is -3.10. The minimum Gasteiger partial charge on any atom is -0.493 e. The summed E-state index contributed by atoms with van der Waals surface area (Å²) in [5.41, 5.74) is 6.77. The smallest absolute Gasteiger partial charge is 0.273 e. The van der Waals surface area contributed by atoms with Crippen molar-refractivity contribution >= 4 is 17.5 Å². The van der Waals surface area contributed by atoms with E-state index in [-0.39, 0.29) is 34.5 Å². The molecule has 31 heavy (non-hydrogen) atoms. The van der Waals surface area contributed by atoms with Gasteiger partial charge in [0.05, 0.1) is 19.8 Å². The van der Waals surface area contributed by atoms with Crippen LogP contribution in [-0.4, -0.2) is 24.6 Å². The van der Waals surface area contributed by atoms with E-state index in [9.17, 15) is 9.18 Å². The first kappa shape index (κ1) is 22.6. The molecule has 0 aliphatic rings. The quantitative estimate of drug-likeness (QED) is 0.527. The van der Waals surface area contributed by atoms with Crippen LogP contribution in [0.25, 0.3) is 11.5 Å². The molecular formula is C22H23ClFN3O4. The summed E-state index contributed by atoms with van der Waals surface area (Å²) >= 11 is 6.02. The number of carbonyl (C=O) groups is 1. The molecule has 0 fully saturated rings. The third-order valence-corrected chi connectivity index (χ3v) is 4.83. The van der Waals surface area contributed by atoms with Gasteiger partial charge in [-0.15, -0.1) is 0 Å². The molecule has 9 heteroatoms. The molecule has 3 rings (SSSR count). The number of benzene rings is 2. The number of oxazole rings is 1. The number of nitrogens with one attached hydrogen (secondary N) is 1. The minimum atomic E-state index is -0.594. The van der Waals surface area contributed by atoms with E-state index in [1.807, 2.05) is 6.92 Å². The average Bonchev–Trinajstić information content (AvgIpc) is 3.19.